The average Bonchev–Trinajstić information content (AvgIpc) is 4.25. The summed E-state index contributed by atoms with van der Waals surface area (Å²) in [5.41, 5.74) is 8.68. The first kappa shape index (κ1) is 53.8. The summed E-state index contributed by atoms with van der Waals surface area (Å²) in [5, 5.41) is 12.7. The summed E-state index contributed by atoms with van der Waals surface area (Å²) in [6.07, 6.45) is 6.41. The molecule has 13 heteroatoms. The third-order valence-electron chi connectivity index (χ3n) is 13.5. The predicted molar refractivity (Wildman–Crippen MR) is 318 cm³/mol. The average molecular weight is 1040 g/mol. The summed E-state index contributed by atoms with van der Waals surface area (Å²) < 4.78 is 0. The molecule has 396 valence electrons. The summed E-state index contributed by atoms with van der Waals surface area (Å²) in [4.78, 5) is 87.5. The van der Waals surface area contributed by atoms with Gasteiger partial charge in [0, 0.05) is 117 Å². The molecule has 0 saturated heterocycles. The van der Waals surface area contributed by atoms with Crippen molar-refractivity contribution in [2.75, 3.05) is 21.3 Å². The third-order valence-corrected chi connectivity index (χ3v) is 13.5. The Hall–Kier alpha value is -8.97. The number of H-pyrrole nitrogens is 2. The van der Waals surface area contributed by atoms with Crippen LogP contribution in [0.2, 0.25) is 0 Å². The number of anilines is 4. The lowest BCUT2D eigenvalue weighted by atomic mass is 9.94. The van der Waals surface area contributed by atoms with Gasteiger partial charge < -0.3 is 31.2 Å². The molecule has 4 aromatic carbocycles. The highest BCUT2D eigenvalue weighted by Gasteiger charge is 2.30. The largest absolute Gasteiger partial charge is 0.354 e. The van der Waals surface area contributed by atoms with Gasteiger partial charge in [-0.05, 0) is 66.8 Å². The second-order valence-corrected chi connectivity index (χ2v) is 23.8. The van der Waals surface area contributed by atoms with Crippen LogP contribution in [0.3, 0.4) is 0 Å². The molecule has 9 rings (SSSR count). The highest BCUT2D eigenvalue weighted by molar-refractivity contribution is 6.19. The number of aldehydes is 1. The Balaban J connectivity index is 1.50. The first-order valence-corrected chi connectivity index (χ1v) is 26.1. The summed E-state index contributed by atoms with van der Waals surface area (Å²) in [7, 11) is 0. The zero-order valence-electron chi connectivity index (χ0n) is 46.3. The number of aromatic amines is 2. The van der Waals surface area contributed by atoms with Gasteiger partial charge in [0.05, 0.1) is 22.8 Å². The second-order valence-electron chi connectivity index (χ2n) is 23.8. The van der Waals surface area contributed by atoms with Gasteiger partial charge >= 0.3 is 0 Å². The van der Waals surface area contributed by atoms with Crippen LogP contribution >= 0.6 is 0 Å². The minimum Gasteiger partial charge on any atom is -0.354 e. The number of hydrogen-bond acceptors (Lipinski definition) is 7. The number of allylic oxidation sites excluding steroid dienone is 1. The van der Waals surface area contributed by atoms with E-state index in [1.807, 2.05) is 217 Å². The van der Waals surface area contributed by atoms with Crippen molar-refractivity contribution in [2.45, 2.75) is 83.1 Å². The first-order chi connectivity index (χ1) is 36.8. The van der Waals surface area contributed by atoms with Crippen molar-refractivity contribution in [3.63, 3.8) is 0 Å². The number of nitrogens with one attached hydrogen (secondary N) is 6. The van der Waals surface area contributed by atoms with Gasteiger partial charge in [0.25, 0.3) is 0 Å². The van der Waals surface area contributed by atoms with Crippen LogP contribution in [0.1, 0.15) is 106 Å². The van der Waals surface area contributed by atoms with Crippen LogP contribution in [0, 0.1) is 21.7 Å². The normalized spacial score (nSPS) is 12.6. The van der Waals surface area contributed by atoms with Crippen LogP contribution in [0.25, 0.3) is 90.4 Å². The third kappa shape index (κ3) is 10.9. The Morgan fingerprint density at radius 2 is 0.667 bits per heavy atom. The van der Waals surface area contributed by atoms with Crippen molar-refractivity contribution in [1.82, 2.24) is 19.9 Å². The number of fused-ring (bicyclic) bond motifs is 8. The highest BCUT2D eigenvalue weighted by atomic mass is 16.2. The smallest absolute Gasteiger partial charge is 0.229 e. The Morgan fingerprint density at radius 3 is 0.974 bits per heavy atom. The zero-order valence-corrected chi connectivity index (χ0v) is 46.3. The van der Waals surface area contributed by atoms with Gasteiger partial charge in [0.2, 0.25) is 23.6 Å². The molecule has 0 radical (unpaired) electrons. The lowest BCUT2D eigenvalue weighted by molar-refractivity contribution is -0.123. The molecule has 6 N–H and O–H groups in total. The van der Waals surface area contributed by atoms with Crippen molar-refractivity contribution in [3.05, 3.63) is 144 Å². The Labute approximate surface area is 455 Å². The number of para-hydroxylation sites is 4. The summed E-state index contributed by atoms with van der Waals surface area (Å²) in [6.45, 7) is 22.2. The molecule has 13 nitrogen and oxygen atoms in total. The fourth-order valence-electron chi connectivity index (χ4n) is 9.01. The molecule has 8 bridgehead atoms. The first-order valence-electron chi connectivity index (χ1n) is 26.1. The van der Waals surface area contributed by atoms with E-state index in [1.165, 1.54) is 0 Å². The molecule has 0 unspecified atom stereocenters. The van der Waals surface area contributed by atoms with Crippen LogP contribution in [0.5, 0.6) is 0 Å². The maximum Gasteiger partial charge on any atom is 0.229 e. The minimum atomic E-state index is -0.753. The van der Waals surface area contributed by atoms with E-state index in [2.05, 4.69) is 31.2 Å². The predicted octanol–water partition coefficient (Wildman–Crippen LogP) is 14.8. The molecule has 3 aromatic heterocycles. The van der Waals surface area contributed by atoms with Crippen molar-refractivity contribution in [2.24, 2.45) is 21.7 Å². The van der Waals surface area contributed by atoms with Gasteiger partial charge in [0.1, 0.15) is 0 Å². The molecular weight excluding hydrogens is 973 g/mol. The monoisotopic (exact) mass is 1040 g/mol. The molecule has 0 saturated carbocycles. The topological polar surface area (TPSA) is 191 Å². The quantitative estimate of drug-likeness (QED) is 0.0775. The van der Waals surface area contributed by atoms with Gasteiger partial charge in [0.15, 0.2) is 6.29 Å². The second kappa shape index (κ2) is 20.5. The maximum atomic E-state index is 13.9. The number of nitrogens with zero attached hydrogens (tertiary/aromatic N) is 2. The molecule has 2 aliphatic rings. The minimum absolute atomic E-state index is 0.178. The van der Waals surface area contributed by atoms with E-state index in [-0.39, 0.29) is 29.2 Å². The molecule has 0 atom stereocenters. The van der Waals surface area contributed by atoms with Crippen LogP contribution in [0.15, 0.2) is 121 Å². The lowest BCUT2D eigenvalue weighted by Gasteiger charge is -2.20. The van der Waals surface area contributed by atoms with E-state index >= 15 is 0 Å². The fraction of sp³-hybridized carbons (Fsp3) is 0.246. The number of carbonyl (C=O) groups is 5. The molecule has 0 aliphatic carbocycles. The number of carbonyl (C=O) groups excluding carboxylic acids is 5. The summed E-state index contributed by atoms with van der Waals surface area (Å²) >= 11 is 0. The van der Waals surface area contributed by atoms with E-state index < -0.39 is 21.7 Å². The van der Waals surface area contributed by atoms with Gasteiger partial charge in [-0.15, -0.1) is 0 Å². The standard InChI is InChI=1S/C65H66N8O5/c1-62(2,3)58(75)70-42-25-17-13-21-38(42)53-46-29-30-47(66-46)54(39-22-14-18-26-43(39)71-59(76)63(4,5)6)49-33-34-51(68-49)56(41-24-16-20-28-45(41)73-61(78)65(10,11)12)57-37(36-74)35-52(69-57)55(50-32-31-48(53)67-50)40-23-15-19-27-44(40)72-60(77)64(7,8)9/h13-36,67-68H,1-12H3,(H,70,75)(H,71,76)(H,72,77)(H,73,78). The molecule has 78 heavy (non-hydrogen) atoms. The highest BCUT2D eigenvalue weighted by Crippen LogP contribution is 2.45. The molecule has 0 spiro atoms. The Kier molecular flexibility index (Phi) is 14.2. The number of benzene rings is 4. The Morgan fingerprint density at radius 1 is 0.385 bits per heavy atom. The van der Waals surface area contributed by atoms with Crippen molar-refractivity contribution in [3.8, 4) is 44.5 Å². The van der Waals surface area contributed by atoms with Gasteiger partial charge in [-0.1, -0.05) is 156 Å². The SMILES string of the molecule is CC(C)(C)C(=O)Nc1ccccc1-c1c2nc(c(-c3ccccc3NC(=O)C(C)(C)C)c3ccc([nH]3)c(-c3ccccc3NC(=O)C(C)(C)C)c3nc(c(-c4ccccc4NC(=O)C(C)(C)C)c4ccc1[nH]4)C=C3C=O)C=C2. The van der Waals surface area contributed by atoms with E-state index in [0.29, 0.717) is 112 Å². The van der Waals surface area contributed by atoms with Crippen molar-refractivity contribution >= 4 is 98.5 Å². The van der Waals surface area contributed by atoms with Crippen LogP contribution in [-0.4, -0.2) is 49.9 Å². The van der Waals surface area contributed by atoms with E-state index in [1.54, 1.807) is 6.08 Å². The number of aromatic nitrogens is 4. The number of amides is 4. The number of rotatable bonds is 9. The Bertz CT molecular complexity index is 3840. The summed E-state index contributed by atoms with van der Waals surface area (Å²) in [5.74, 6) is -0.778. The summed E-state index contributed by atoms with van der Waals surface area (Å²) in [6, 6.07) is 37.8. The fourth-order valence-corrected chi connectivity index (χ4v) is 9.01. The van der Waals surface area contributed by atoms with E-state index in [0.717, 1.165) is 6.29 Å². The molecule has 0 fully saturated rings. The van der Waals surface area contributed by atoms with Gasteiger partial charge in [-0.2, -0.15) is 0 Å². The van der Waals surface area contributed by atoms with Gasteiger partial charge in [-0.25, -0.2) is 9.97 Å². The van der Waals surface area contributed by atoms with E-state index in [9.17, 15) is 24.0 Å². The van der Waals surface area contributed by atoms with Gasteiger partial charge in [-0.3, -0.25) is 24.0 Å². The molecular formula is C65H66N8O5. The molecule has 4 amide bonds. The molecule has 2 aliphatic heterocycles. The van der Waals surface area contributed by atoms with Crippen LogP contribution in [0.4, 0.5) is 22.7 Å². The van der Waals surface area contributed by atoms with E-state index in [4.69, 9.17) is 9.97 Å². The van der Waals surface area contributed by atoms with Crippen molar-refractivity contribution in [1.29, 1.82) is 0 Å². The number of hydrogen-bond donors (Lipinski definition) is 6. The maximum absolute atomic E-state index is 13.9. The lowest BCUT2D eigenvalue weighted by Crippen LogP contribution is -2.27. The molecule has 5 heterocycles. The van der Waals surface area contributed by atoms with Crippen LogP contribution in [-0.2, 0) is 24.0 Å². The molecule has 7 aromatic rings. The zero-order chi connectivity index (χ0) is 56.1. The van der Waals surface area contributed by atoms with Crippen molar-refractivity contribution < 1.29 is 24.0 Å². The van der Waals surface area contributed by atoms with Crippen LogP contribution < -0.4 is 21.3 Å².